The Balaban J connectivity index is 0.00000407. The zero-order chi connectivity index (χ0) is 23.1. The Hall–Kier alpha value is -1.88. The molecule has 0 bridgehead atoms. The Bertz CT molecular complexity index is 649. The van der Waals surface area contributed by atoms with Crippen LogP contribution in [0.15, 0.2) is 58.6 Å². The number of hydrogen-bond acceptors (Lipinski definition) is 3. The van der Waals surface area contributed by atoms with E-state index in [1.807, 2.05) is 33.8 Å². The summed E-state index contributed by atoms with van der Waals surface area (Å²) in [6, 6.07) is 0. The third-order valence-corrected chi connectivity index (χ3v) is 4.83. The molecule has 3 nitrogen and oxygen atoms in total. The molecule has 1 heterocycles. The van der Waals surface area contributed by atoms with Gasteiger partial charge in [-0.05, 0) is 64.2 Å². The van der Waals surface area contributed by atoms with E-state index in [-0.39, 0.29) is 11.9 Å². The van der Waals surface area contributed by atoms with Gasteiger partial charge >= 0.3 is 0 Å². The molecule has 1 aliphatic heterocycles. The Kier molecular flexibility index (Phi) is 14.9. The second-order valence-electron chi connectivity index (χ2n) is 7.00. The topological polar surface area (TPSA) is 27.7 Å². The molecule has 0 saturated carbocycles. The Labute approximate surface area is 182 Å². The maximum atomic E-state index is 14.4. The largest absolute Gasteiger partial charge is 0.498 e. The predicted octanol–water partition coefficient (Wildman–Crippen LogP) is 7.73. The van der Waals surface area contributed by atoms with E-state index in [1.54, 1.807) is 26.0 Å². The lowest BCUT2D eigenvalue weighted by molar-refractivity contribution is -0.0119. The summed E-state index contributed by atoms with van der Waals surface area (Å²) in [5.41, 5.74) is 0.964. The molecule has 5 heteroatoms. The summed E-state index contributed by atoms with van der Waals surface area (Å²) in [7, 11) is 1.32. The molecule has 0 aromatic carbocycles. The quantitative estimate of drug-likeness (QED) is 0.214. The molecule has 0 aromatic rings. The van der Waals surface area contributed by atoms with Crippen molar-refractivity contribution in [2.45, 2.75) is 73.8 Å². The molecule has 0 amide bonds. The summed E-state index contributed by atoms with van der Waals surface area (Å²) in [6.07, 6.45) is 10.3. The van der Waals surface area contributed by atoms with E-state index in [9.17, 15) is 8.78 Å². The Morgan fingerprint density at radius 1 is 1.07 bits per heavy atom. The van der Waals surface area contributed by atoms with Crippen molar-refractivity contribution in [1.29, 1.82) is 0 Å². The van der Waals surface area contributed by atoms with Crippen LogP contribution in [0.2, 0.25) is 0 Å². The summed E-state index contributed by atoms with van der Waals surface area (Å²) in [6.45, 7) is 14.1. The molecular formula is C25H40F2O3. The zero-order valence-corrected chi connectivity index (χ0v) is 20.0. The SMILES string of the molecule is C/C=C/C1CCC(CO/C(C)=C/C=C(C)/C(CC)=C(F)/C(F)=C(\C)OC)CO1.CC. The first-order valence-corrected chi connectivity index (χ1v) is 10.9. The van der Waals surface area contributed by atoms with Crippen LogP contribution >= 0.6 is 0 Å². The van der Waals surface area contributed by atoms with Crippen molar-refractivity contribution in [2.24, 2.45) is 5.92 Å². The molecule has 1 aliphatic rings. The van der Waals surface area contributed by atoms with E-state index in [0.29, 0.717) is 36.7 Å². The van der Waals surface area contributed by atoms with Crippen molar-refractivity contribution in [3.63, 3.8) is 0 Å². The van der Waals surface area contributed by atoms with Gasteiger partial charge in [-0.2, -0.15) is 0 Å². The van der Waals surface area contributed by atoms with E-state index in [4.69, 9.17) is 14.2 Å². The van der Waals surface area contributed by atoms with Gasteiger partial charge in [-0.25, -0.2) is 8.78 Å². The molecular weight excluding hydrogens is 386 g/mol. The number of halogens is 2. The Morgan fingerprint density at radius 3 is 2.23 bits per heavy atom. The fraction of sp³-hybridized carbons (Fsp3) is 0.600. The minimum atomic E-state index is -0.961. The van der Waals surface area contributed by atoms with Crippen LogP contribution in [-0.4, -0.2) is 26.4 Å². The first-order chi connectivity index (χ1) is 14.3. The molecule has 2 unspecified atom stereocenters. The smallest absolute Gasteiger partial charge is 0.196 e. The molecule has 2 atom stereocenters. The number of hydrogen-bond donors (Lipinski definition) is 0. The van der Waals surface area contributed by atoms with Crippen LogP contribution in [0, 0.1) is 5.92 Å². The van der Waals surface area contributed by atoms with Crippen LogP contribution in [0.3, 0.4) is 0 Å². The van der Waals surface area contributed by atoms with E-state index in [2.05, 4.69) is 6.08 Å². The first-order valence-electron chi connectivity index (χ1n) is 10.9. The third kappa shape index (κ3) is 9.75. The summed E-state index contributed by atoms with van der Waals surface area (Å²) < 4.78 is 44.8. The van der Waals surface area contributed by atoms with Gasteiger partial charge in [0.05, 0.1) is 32.2 Å². The van der Waals surface area contributed by atoms with Crippen molar-refractivity contribution in [3.8, 4) is 0 Å². The summed E-state index contributed by atoms with van der Waals surface area (Å²) >= 11 is 0. The number of methoxy groups -OCH3 is 1. The van der Waals surface area contributed by atoms with Gasteiger partial charge in [0.2, 0.25) is 0 Å². The molecule has 1 fully saturated rings. The molecule has 0 N–H and O–H groups in total. The minimum Gasteiger partial charge on any atom is -0.498 e. The van der Waals surface area contributed by atoms with Gasteiger partial charge in [0.1, 0.15) is 5.76 Å². The molecule has 0 spiro atoms. The molecule has 172 valence electrons. The van der Waals surface area contributed by atoms with Gasteiger partial charge in [-0.3, -0.25) is 0 Å². The third-order valence-electron chi connectivity index (χ3n) is 4.83. The van der Waals surface area contributed by atoms with Crippen LogP contribution < -0.4 is 0 Å². The van der Waals surface area contributed by atoms with Crippen LogP contribution in [-0.2, 0) is 14.2 Å². The van der Waals surface area contributed by atoms with E-state index in [1.165, 1.54) is 14.0 Å². The molecule has 1 rings (SSSR count). The van der Waals surface area contributed by atoms with E-state index >= 15 is 0 Å². The summed E-state index contributed by atoms with van der Waals surface area (Å²) in [4.78, 5) is 0. The maximum Gasteiger partial charge on any atom is 0.196 e. The molecule has 0 aromatic heterocycles. The summed E-state index contributed by atoms with van der Waals surface area (Å²) in [5, 5.41) is 0. The molecule has 1 saturated heterocycles. The minimum absolute atomic E-state index is 0.0716. The molecule has 0 aliphatic carbocycles. The number of allylic oxidation sites excluding steroid dienone is 9. The standard InChI is InChI=1S/C23H34F2O3.C2H6/c1-7-9-20-13-12-19(15-28-20)14-27-17(4)11-10-16(3)21(8-2)23(25)22(24)18(5)26-6;1-2/h7,9-11,19-20H,8,12-15H2,1-6H3;1-2H3/b9-7+,16-10+,17-11+,22-18-,23-21-;. The van der Waals surface area contributed by atoms with Crippen LogP contribution in [0.1, 0.15) is 67.7 Å². The van der Waals surface area contributed by atoms with Gasteiger partial charge in [-0.1, -0.05) is 39.0 Å². The normalized spacial score (nSPS) is 22.1. The van der Waals surface area contributed by atoms with Crippen LogP contribution in [0.5, 0.6) is 0 Å². The second kappa shape index (κ2) is 15.9. The van der Waals surface area contributed by atoms with Crippen molar-refractivity contribution in [1.82, 2.24) is 0 Å². The monoisotopic (exact) mass is 426 g/mol. The lowest BCUT2D eigenvalue weighted by Gasteiger charge is -2.27. The highest BCUT2D eigenvalue weighted by atomic mass is 19.2. The average molecular weight is 427 g/mol. The average Bonchev–Trinajstić information content (AvgIpc) is 2.78. The van der Waals surface area contributed by atoms with Gasteiger partial charge in [0, 0.05) is 5.92 Å². The maximum absolute atomic E-state index is 14.4. The van der Waals surface area contributed by atoms with Crippen LogP contribution in [0.25, 0.3) is 0 Å². The number of ether oxygens (including phenoxy) is 3. The van der Waals surface area contributed by atoms with Gasteiger partial charge in [-0.15, -0.1) is 0 Å². The van der Waals surface area contributed by atoms with E-state index < -0.39 is 11.7 Å². The molecule has 0 radical (unpaired) electrons. The fourth-order valence-electron chi connectivity index (χ4n) is 2.95. The zero-order valence-electron chi connectivity index (χ0n) is 20.0. The highest BCUT2D eigenvalue weighted by molar-refractivity contribution is 5.40. The fourth-order valence-corrected chi connectivity index (χ4v) is 2.95. The first kappa shape index (κ1) is 28.1. The Morgan fingerprint density at radius 2 is 1.73 bits per heavy atom. The highest BCUT2D eigenvalue weighted by Crippen LogP contribution is 2.28. The lowest BCUT2D eigenvalue weighted by Crippen LogP contribution is -2.27. The summed E-state index contributed by atoms with van der Waals surface area (Å²) in [5.74, 6) is -0.808. The van der Waals surface area contributed by atoms with Crippen molar-refractivity contribution in [3.05, 3.63) is 58.6 Å². The number of rotatable bonds is 9. The predicted molar refractivity (Wildman–Crippen MR) is 121 cm³/mol. The second-order valence-corrected chi connectivity index (χ2v) is 7.00. The van der Waals surface area contributed by atoms with Crippen molar-refractivity contribution in [2.75, 3.05) is 20.3 Å². The lowest BCUT2D eigenvalue weighted by atomic mass is 9.99. The van der Waals surface area contributed by atoms with Gasteiger partial charge in [0.25, 0.3) is 0 Å². The van der Waals surface area contributed by atoms with Crippen molar-refractivity contribution >= 4 is 0 Å². The van der Waals surface area contributed by atoms with Crippen LogP contribution in [0.4, 0.5) is 8.78 Å². The van der Waals surface area contributed by atoms with Gasteiger partial charge < -0.3 is 14.2 Å². The molecule has 30 heavy (non-hydrogen) atoms. The van der Waals surface area contributed by atoms with E-state index in [0.717, 1.165) is 18.6 Å². The highest BCUT2D eigenvalue weighted by Gasteiger charge is 2.20. The van der Waals surface area contributed by atoms with Crippen molar-refractivity contribution < 1.29 is 23.0 Å². The van der Waals surface area contributed by atoms with Gasteiger partial charge in [0.15, 0.2) is 11.7 Å².